The van der Waals surface area contributed by atoms with E-state index in [4.69, 9.17) is 70.7 Å². The first kappa shape index (κ1) is 38.3. The molecule has 4 unspecified atom stereocenters. The fourth-order valence-electron chi connectivity index (χ4n) is 0.772. The van der Waals surface area contributed by atoms with Gasteiger partial charge < -0.3 is 46.0 Å². The highest BCUT2D eigenvalue weighted by atomic mass is 16.4. The molecular formula is C14H27N3O14. The van der Waals surface area contributed by atoms with Crippen molar-refractivity contribution >= 4 is 29.8 Å². The van der Waals surface area contributed by atoms with E-state index in [1.807, 2.05) is 0 Å². The molecule has 0 aromatic heterocycles. The average molecular weight is 461 g/mol. The minimum Gasteiger partial charge on any atom is -0.481 e. The molecule has 0 bridgehead atoms. The predicted octanol–water partition coefficient (Wildman–Crippen LogP) is -2.38. The van der Waals surface area contributed by atoms with Crippen LogP contribution >= 0.6 is 0 Å². The van der Waals surface area contributed by atoms with Crippen LogP contribution in [0.2, 0.25) is 0 Å². The molecule has 0 spiro atoms. The Labute approximate surface area is 175 Å². The van der Waals surface area contributed by atoms with E-state index in [0.29, 0.717) is 0 Å². The highest BCUT2D eigenvalue weighted by molar-refractivity contribution is 5.81. The van der Waals surface area contributed by atoms with Gasteiger partial charge in [0.2, 0.25) is 5.91 Å². The van der Waals surface area contributed by atoms with Crippen LogP contribution in [0.5, 0.6) is 0 Å². The maximum Gasteiger partial charge on any atom is 0.300 e. The number of carbonyl (C=O) groups is 5. The van der Waals surface area contributed by atoms with Gasteiger partial charge >= 0.3 is 0 Å². The molecule has 17 nitrogen and oxygen atoms in total. The van der Waals surface area contributed by atoms with Crippen molar-refractivity contribution in [3.05, 3.63) is 10.4 Å². The van der Waals surface area contributed by atoms with Crippen molar-refractivity contribution in [2.45, 2.75) is 52.1 Å². The van der Waals surface area contributed by atoms with E-state index >= 15 is 0 Å². The summed E-state index contributed by atoms with van der Waals surface area (Å²) in [4.78, 5) is 48.8. The molecule has 0 saturated carbocycles. The van der Waals surface area contributed by atoms with Gasteiger partial charge in [0.1, 0.15) is 24.4 Å². The van der Waals surface area contributed by atoms with Gasteiger partial charge in [-0.25, -0.2) is 0 Å². The summed E-state index contributed by atoms with van der Waals surface area (Å²) < 4.78 is 0. The lowest BCUT2D eigenvalue weighted by molar-refractivity contribution is -0.146. The molecule has 0 aliphatic rings. The smallest absolute Gasteiger partial charge is 0.300 e. The van der Waals surface area contributed by atoms with Gasteiger partial charge in [-0.2, -0.15) is 0 Å². The van der Waals surface area contributed by atoms with Crippen LogP contribution in [0.3, 0.4) is 0 Å². The third kappa shape index (κ3) is 52.0. The quantitative estimate of drug-likeness (QED) is 0.117. The lowest BCUT2D eigenvalue weighted by Crippen LogP contribution is -2.48. The molecule has 0 heterocycles. The number of aliphatic hydroxyl groups is 5. The van der Waals surface area contributed by atoms with Gasteiger partial charge in [0.05, 0.1) is 6.61 Å². The van der Waals surface area contributed by atoms with Crippen LogP contribution < -0.4 is 0 Å². The van der Waals surface area contributed by atoms with Crippen LogP contribution in [0, 0.1) is 0 Å². The third-order valence-corrected chi connectivity index (χ3v) is 1.65. The number of hydrogen-bond donors (Lipinski definition) is 9. The first-order valence-electron chi connectivity index (χ1n) is 7.58. The maximum absolute atomic E-state index is 10.7. The van der Waals surface area contributed by atoms with Crippen molar-refractivity contribution < 1.29 is 69.9 Å². The monoisotopic (exact) mass is 461 g/mol. The largest absolute Gasteiger partial charge is 0.481 e. The molecule has 31 heavy (non-hydrogen) atoms. The van der Waals surface area contributed by atoms with Gasteiger partial charge in [0.15, 0.2) is 0 Å². The van der Waals surface area contributed by atoms with Gasteiger partial charge in [0.25, 0.3) is 23.9 Å². The second-order valence-electron chi connectivity index (χ2n) is 4.78. The molecule has 17 heteroatoms. The Bertz CT molecular complexity index is 527. The van der Waals surface area contributed by atoms with Crippen molar-refractivity contribution in [2.75, 3.05) is 6.61 Å². The molecule has 0 fully saturated rings. The zero-order valence-corrected chi connectivity index (χ0v) is 16.9. The number of carboxylic acid groups (broad SMARTS) is 4. The molecule has 0 rings (SSSR count). The summed E-state index contributed by atoms with van der Waals surface area (Å²) in [6, 6.07) is 0. The Morgan fingerprint density at radius 3 is 1.19 bits per heavy atom. The highest BCUT2D eigenvalue weighted by Gasteiger charge is 2.33. The van der Waals surface area contributed by atoms with Crippen molar-refractivity contribution in [2.24, 2.45) is 5.11 Å². The van der Waals surface area contributed by atoms with Crippen LogP contribution in [0.25, 0.3) is 10.4 Å². The summed E-state index contributed by atoms with van der Waals surface area (Å²) in [6.07, 6.45) is -7.85. The van der Waals surface area contributed by atoms with Crippen molar-refractivity contribution in [3.63, 3.8) is 0 Å². The fourth-order valence-corrected chi connectivity index (χ4v) is 0.772. The first-order valence-corrected chi connectivity index (χ1v) is 7.58. The molecule has 0 aromatic carbocycles. The van der Waals surface area contributed by atoms with Crippen LogP contribution in [0.1, 0.15) is 27.7 Å². The number of carbonyl (C=O) groups excluding carboxylic acids is 1. The Morgan fingerprint density at radius 1 is 0.742 bits per heavy atom. The number of hydrogen-bond acceptors (Lipinski definition) is 10. The summed E-state index contributed by atoms with van der Waals surface area (Å²) in [5, 5.41) is 76.6. The average Bonchev–Trinajstić information content (AvgIpc) is 2.57. The third-order valence-electron chi connectivity index (χ3n) is 1.65. The minimum absolute atomic E-state index is 0.833. The lowest BCUT2D eigenvalue weighted by atomic mass is 10.0. The van der Waals surface area contributed by atoms with E-state index in [1.165, 1.54) is 0 Å². The molecule has 182 valence electrons. The van der Waals surface area contributed by atoms with E-state index < -0.39 is 60.8 Å². The van der Waals surface area contributed by atoms with E-state index in [9.17, 15) is 4.79 Å². The molecule has 1 amide bonds. The summed E-state index contributed by atoms with van der Waals surface area (Å²) in [6.45, 7) is 3.47. The van der Waals surface area contributed by atoms with Gasteiger partial charge in [0, 0.05) is 32.6 Å². The van der Waals surface area contributed by atoms with Crippen LogP contribution in [-0.2, 0) is 24.0 Å². The van der Waals surface area contributed by atoms with E-state index in [2.05, 4.69) is 10.0 Å². The first-order chi connectivity index (χ1) is 13.9. The molecule has 0 aromatic rings. The van der Waals surface area contributed by atoms with Crippen LogP contribution in [-0.4, -0.2) is 107 Å². The molecule has 9 N–H and O–H groups in total. The SMILES string of the molecule is CC(=O)O.CC(=O)O.CC(=O)O.CC(=O)O.[N-]=[N+]=NC(=O)C(O)C(O)C(O)C(O)CO. The predicted molar refractivity (Wildman–Crippen MR) is 98.5 cm³/mol. The number of azide groups is 1. The molecule has 0 aliphatic carbocycles. The molecule has 0 aliphatic heterocycles. The number of aliphatic carboxylic acids is 4. The van der Waals surface area contributed by atoms with Gasteiger partial charge in [-0.15, -0.1) is 0 Å². The second-order valence-corrected chi connectivity index (χ2v) is 4.78. The summed E-state index contributed by atoms with van der Waals surface area (Å²) >= 11 is 0. The van der Waals surface area contributed by atoms with Gasteiger partial charge in [-0.3, -0.25) is 24.0 Å². The van der Waals surface area contributed by atoms with E-state index in [-0.39, 0.29) is 0 Å². The topological polar surface area (TPSA) is 316 Å². The van der Waals surface area contributed by atoms with Gasteiger partial charge in [-0.05, 0) is 10.6 Å². The second kappa shape index (κ2) is 24.7. The molecule has 0 saturated heterocycles. The van der Waals surface area contributed by atoms with Crippen LogP contribution in [0.15, 0.2) is 5.11 Å². The summed E-state index contributed by atoms with van der Waals surface area (Å²) in [7, 11) is 0. The van der Waals surface area contributed by atoms with E-state index in [0.717, 1.165) is 27.7 Å². The Kier molecular flexibility index (Phi) is 30.5. The number of carboxylic acids is 4. The Morgan fingerprint density at radius 2 is 1.00 bits per heavy atom. The summed E-state index contributed by atoms with van der Waals surface area (Å²) in [5.74, 6) is -4.73. The van der Waals surface area contributed by atoms with Crippen molar-refractivity contribution in [3.8, 4) is 0 Å². The van der Waals surface area contributed by atoms with Crippen molar-refractivity contribution in [1.82, 2.24) is 0 Å². The normalized spacial score (nSPS) is 12.2. The van der Waals surface area contributed by atoms with Crippen LogP contribution in [0.4, 0.5) is 0 Å². The van der Waals surface area contributed by atoms with Crippen molar-refractivity contribution in [1.29, 1.82) is 0 Å². The Hall–Kier alpha value is -3.34. The zero-order chi connectivity index (χ0) is 26.3. The fraction of sp³-hybridized carbons (Fsp3) is 0.643. The summed E-state index contributed by atoms with van der Waals surface area (Å²) in [5.41, 5.74) is 7.85. The standard InChI is InChI=1S/C6H11N3O6.4C2H4O2/c7-9-8-6(15)5(14)4(13)3(12)2(11)1-10;4*1-2(3)4/h2-5,10-14H,1H2;4*1H3,(H,3,4). The number of amides is 1. The number of nitrogens with zero attached hydrogens (tertiary/aromatic N) is 3. The minimum atomic E-state index is -2.16. The Balaban J connectivity index is -0.000000114. The maximum atomic E-state index is 10.7. The highest BCUT2D eigenvalue weighted by Crippen LogP contribution is 2.06. The molecular weight excluding hydrogens is 434 g/mol. The van der Waals surface area contributed by atoms with Gasteiger partial charge in [-0.1, -0.05) is 0 Å². The van der Waals surface area contributed by atoms with E-state index in [1.54, 1.807) is 0 Å². The molecule has 0 radical (unpaired) electrons. The zero-order valence-electron chi connectivity index (χ0n) is 16.9. The molecule has 4 atom stereocenters. The number of rotatable bonds is 5. The lowest BCUT2D eigenvalue weighted by Gasteiger charge is -2.23. The number of aliphatic hydroxyl groups excluding tert-OH is 5.